The molecule has 0 aliphatic rings. The molecule has 11 heavy (non-hydrogen) atoms. The summed E-state index contributed by atoms with van der Waals surface area (Å²) in [5.74, 6) is -0.759. The van der Waals surface area contributed by atoms with Crippen LogP contribution in [0.4, 0.5) is 5.69 Å². The Labute approximate surface area is 68.0 Å². The highest BCUT2D eigenvalue weighted by molar-refractivity contribution is 5.92. The number of anilines is 1. The molecule has 5 heteroatoms. The van der Waals surface area contributed by atoms with Crippen molar-refractivity contribution in [1.82, 2.24) is 9.78 Å². The number of nitrogens with zero attached hydrogens (tertiary/aromatic N) is 2. The molecule has 0 saturated heterocycles. The fourth-order valence-electron chi connectivity index (χ4n) is 0.643. The van der Waals surface area contributed by atoms with Gasteiger partial charge in [-0.25, -0.2) is 4.79 Å². The zero-order chi connectivity index (χ0) is 10.9. The molecule has 1 aromatic rings. The summed E-state index contributed by atoms with van der Waals surface area (Å²) in [7, 11) is 1.16. The number of methoxy groups -OCH3 is 1. The number of aryl methyl sites for hydroxylation is 1. The normalized spacial score (nSPS) is 14.8. The number of carbonyl (C=O) groups excluding carboxylic acids is 1. The van der Waals surface area contributed by atoms with Crippen LogP contribution in [0.3, 0.4) is 0 Å². The van der Waals surface area contributed by atoms with Crippen molar-refractivity contribution in [2.24, 2.45) is 6.98 Å². The first-order valence-electron chi connectivity index (χ1n) is 4.30. The number of hydrogen-bond acceptors (Lipinski definition) is 4. The lowest BCUT2D eigenvalue weighted by atomic mass is 10.4. The molecule has 1 aromatic heterocycles. The number of rotatable bonds is 1. The first kappa shape index (κ1) is 4.38. The van der Waals surface area contributed by atoms with Crippen molar-refractivity contribution in [2.45, 2.75) is 0 Å². The molecule has 60 valence electrons. The minimum atomic E-state index is -2.44. The Bertz CT molecular complexity index is 358. The maximum Gasteiger partial charge on any atom is 0.360 e. The Morgan fingerprint density at radius 1 is 2.00 bits per heavy atom. The summed E-state index contributed by atoms with van der Waals surface area (Å²) in [4.78, 5) is 11.0. The molecule has 0 amide bonds. The van der Waals surface area contributed by atoms with Gasteiger partial charge in [-0.1, -0.05) is 0 Å². The van der Waals surface area contributed by atoms with Crippen molar-refractivity contribution in [3.63, 3.8) is 0 Å². The second-order valence-corrected chi connectivity index (χ2v) is 1.87. The number of nitrogens with two attached hydrogens (primary N) is 1. The predicted octanol–water partition coefficient (Wildman–Crippen LogP) is -0.211. The van der Waals surface area contributed by atoms with Gasteiger partial charge in [-0.2, -0.15) is 5.10 Å². The first-order valence-corrected chi connectivity index (χ1v) is 2.80. The largest absolute Gasteiger partial charge is 0.464 e. The molecule has 0 aliphatic heterocycles. The molecular weight excluding hydrogens is 146 g/mol. The van der Waals surface area contributed by atoms with E-state index in [0.29, 0.717) is 4.68 Å². The van der Waals surface area contributed by atoms with Gasteiger partial charge >= 0.3 is 5.97 Å². The van der Waals surface area contributed by atoms with Crippen molar-refractivity contribution >= 4 is 11.7 Å². The van der Waals surface area contributed by atoms with Crippen LogP contribution in [0.1, 0.15) is 14.6 Å². The highest BCUT2D eigenvalue weighted by Gasteiger charge is 2.13. The zero-order valence-electron chi connectivity index (χ0n) is 8.87. The highest BCUT2D eigenvalue weighted by atomic mass is 16.5. The minimum absolute atomic E-state index is 0.0204. The van der Waals surface area contributed by atoms with Crippen molar-refractivity contribution in [3.8, 4) is 0 Å². The number of hydrogen-bond donors (Lipinski definition) is 1. The van der Waals surface area contributed by atoms with Gasteiger partial charge in [-0.05, 0) is 0 Å². The average Bonchev–Trinajstić information content (AvgIpc) is 2.45. The van der Waals surface area contributed by atoms with E-state index < -0.39 is 12.9 Å². The van der Waals surface area contributed by atoms with Gasteiger partial charge < -0.3 is 10.5 Å². The summed E-state index contributed by atoms with van der Waals surface area (Å²) in [6.45, 7) is -2.44. The maximum atomic E-state index is 11.0. The van der Waals surface area contributed by atoms with Gasteiger partial charge in [0.05, 0.1) is 12.8 Å². The van der Waals surface area contributed by atoms with Crippen LogP contribution in [0, 0.1) is 0 Å². The fourth-order valence-corrected chi connectivity index (χ4v) is 0.643. The Morgan fingerprint density at radius 3 is 3.18 bits per heavy atom. The second-order valence-electron chi connectivity index (χ2n) is 1.87. The third kappa shape index (κ3) is 1.31. The van der Waals surface area contributed by atoms with Crippen LogP contribution in [0.5, 0.6) is 0 Å². The lowest BCUT2D eigenvalue weighted by Crippen LogP contribution is -2.05. The molecule has 0 radical (unpaired) electrons. The van der Waals surface area contributed by atoms with Crippen molar-refractivity contribution in [3.05, 3.63) is 11.9 Å². The molecule has 0 saturated carbocycles. The molecule has 0 fully saturated rings. The Hall–Kier alpha value is -1.52. The van der Waals surface area contributed by atoms with E-state index in [9.17, 15) is 4.79 Å². The molecule has 2 N–H and O–H groups in total. The molecule has 1 rings (SSSR count). The molecular formula is C6H9N3O2. The van der Waals surface area contributed by atoms with Crippen LogP contribution in [-0.4, -0.2) is 22.9 Å². The van der Waals surface area contributed by atoms with Gasteiger partial charge in [-0.15, -0.1) is 0 Å². The molecule has 0 spiro atoms. The van der Waals surface area contributed by atoms with Crippen molar-refractivity contribution < 1.29 is 13.6 Å². The summed E-state index contributed by atoms with van der Waals surface area (Å²) in [6.07, 6.45) is 1.07. The van der Waals surface area contributed by atoms with Crippen LogP contribution in [0.15, 0.2) is 6.20 Å². The third-order valence-corrected chi connectivity index (χ3v) is 1.12. The van der Waals surface area contributed by atoms with E-state index in [-0.39, 0.29) is 11.4 Å². The Morgan fingerprint density at radius 2 is 2.73 bits per heavy atom. The van der Waals surface area contributed by atoms with Gasteiger partial charge in [0.1, 0.15) is 0 Å². The van der Waals surface area contributed by atoms with E-state index in [1.165, 1.54) is 0 Å². The van der Waals surface area contributed by atoms with Gasteiger partial charge in [-0.3, -0.25) is 4.68 Å². The van der Waals surface area contributed by atoms with E-state index in [1.54, 1.807) is 0 Å². The summed E-state index contributed by atoms with van der Waals surface area (Å²) in [6, 6.07) is 0. The summed E-state index contributed by atoms with van der Waals surface area (Å²) >= 11 is 0. The summed E-state index contributed by atoms with van der Waals surface area (Å²) < 4.78 is 26.0. The standard InChI is InChI=1S/C6H9N3O2/c1-9-3-4(7)5(8-9)6(10)11-2/h3H,7H2,1-2H3/i1D3. The van der Waals surface area contributed by atoms with Gasteiger partial charge in [0.2, 0.25) is 0 Å². The summed E-state index contributed by atoms with van der Waals surface area (Å²) in [5.41, 5.74) is 5.17. The quantitative estimate of drug-likeness (QED) is 0.574. The fraction of sp³-hybridized carbons (Fsp3) is 0.333. The van der Waals surface area contributed by atoms with Crippen LogP contribution in [0.25, 0.3) is 0 Å². The van der Waals surface area contributed by atoms with E-state index in [1.807, 2.05) is 0 Å². The lowest BCUT2D eigenvalue weighted by molar-refractivity contribution is 0.0594. The van der Waals surface area contributed by atoms with Crippen molar-refractivity contribution in [2.75, 3.05) is 12.8 Å². The first-order chi connectivity index (χ1) is 6.36. The van der Waals surface area contributed by atoms with E-state index in [4.69, 9.17) is 9.85 Å². The molecule has 0 aliphatic carbocycles. The van der Waals surface area contributed by atoms with Gasteiger partial charge in [0, 0.05) is 17.3 Å². The van der Waals surface area contributed by atoms with E-state index in [2.05, 4.69) is 9.84 Å². The Kier molecular flexibility index (Phi) is 1.04. The van der Waals surface area contributed by atoms with Crippen LogP contribution < -0.4 is 5.73 Å². The second kappa shape index (κ2) is 2.61. The number of aromatic nitrogens is 2. The average molecular weight is 158 g/mol. The van der Waals surface area contributed by atoms with Crippen LogP contribution in [0.2, 0.25) is 0 Å². The molecule has 0 aromatic carbocycles. The van der Waals surface area contributed by atoms with E-state index in [0.717, 1.165) is 13.3 Å². The predicted molar refractivity (Wildman–Crippen MR) is 39.0 cm³/mol. The smallest absolute Gasteiger partial charge is 0.360 e. The number of esters is 1. The monoisotopic (exact) mass is 158 g/mol. The molecule has 0 atom stereocenters. The van der Waals surface area contributed by atoms with Crippen LogP contribution >= 0.6 is 0 Å². The SMILES string of the molecule is [2H]C([2H])([2H])n1cc(N)c(C(=O)OC)n1. The lowest BCUT2D eigenvalue weighted by Gasteiger charge is -1.93. The molecule has 5 nitrogen and oxygen atoms in total. The zero-order valence-corrected chi connectivity index (χ0v) is 5.87. The number of carbonyl (C=O) groups is 1. The number of nitrogen functional groups attached to an aromatic ring is 1. The van der Waals surface area contributed by atoms with Gasteiger partial charge in [0.15, 0.2) is 5.69 Å². The van der Waals surface area contributed by atoms with Gasteiger partial charge in [0.25, 0.3) is 0 Å². The number of ether oxygens (including phenoxy) is 1. The van der Waals surface area contributed by atoms with Crippen molar-refractivity contribution in [1.29, 1.82) is 0 Å². The van der Waals surface area contributed by atoms with Crippen LogP contribution in [-0.2, 0) is 11.7 Å². The maximum absolute atomic E-state index is 11.0. The molecule has 1 heterocycles. The summed E-state index contributed by atoms with van der Waals surface area (Å²) in [5, 5.41) is 3.51. The highest BCUT2D eigenvalue weighted by Crippen LogP contribution is 2.08. The Balaban J connectivity index is 3.12. The van der Waals surface area contributed by atoms with E-state index >= 15 is 0 Å². The molecule has 0 bridgehead atoms. The third-order valence-electron chi connectivity index (χ3n) is 1.12. The molecule has 0 unspecified atom stereocenters. The minimum Gasteiger partial charge on any atom is -0.464 e. The topological polar surface area (TPSA) is 70.1 Å².